The van der Waals surface area contributed by atoms with Crippen LogP contribution in [0.25, 0.3) is 22.2 Å². The molecule has 0 bridgehead atoms. The van der Waals surface area contributed by atoms with Gasteiger partial charge in [0.2, 0.25) is 0 Å². The molecule has 4 aromatic rings. The average molecular weight is 449 g/mol. The lowest BCUT2D eigenvalue weighted by atomic mass is 9.93. The molecule has 0 N–H and O–H groups in total. The van der Waals surface area contributed by atoms with Crippen molar-refractivity contribution in [2.75, 3.05) is 31.2 Å². The Morgan fingerprint density at radius 3 is 2.69 bits per heavy atom. The van der Waals surface area contributed by atoms with E-state index in [0.29, 0.717) is 29.5 Å². The van der Waals surface area contributed by atoms with E-state index in [1.807, 2.05) is 37.3 Å². The van der Waals surface area contributed by atoms with Crippen LogP contribution in [-0.4, -0.2) is 41.3 Å². The molecule has 1 aliphatic heterocycles. The first-order valence-corrected chi connectivity index (χ1v) is 11.0. The van der Waals surface area contributed by atoms with Gasteiger partial charge < -0.3 is 9.64 Å². The number of aromatic nitrogens is 3. The van der Waals surface area contributed by atoms with E-state index in [1.165, 1.54) is 12.4 Å². The monoisotopic (exact) mass is 448 g/mol. The van der Waals surface area contributed by atoms with E-state index in [1.54, 1.807) is 18.3 Å². The van der Waals surface area contributed by atoms with Gasteiger partial charge in [-0.15, -0.1) is 0 Å². The summed E-state index contributed by atoms with van der Waals surface area (Å²) in [6.45, 7) is 5.12. The second kappa shape index (κ2) is 8.81. The first-order valence-electron chi connectivity index (χ1n) is 10.6. The highest BCUT2D eigenvalue weighted by Crippen LogP contribution is 2.34. The maximum atomic E-state index is 15.0. The van der Waals surface area contributed by atoms with Crippen LogP contribution in [0.3, 0.4) is 0 Å². The minimum Gasteiger partial charge on any atom is -0.378 e. The van der Waals surface area contributed by atoms with Gasteiger partial charge in [-0.3, -0.25) is 4.98 Å². The van der Waals surface area contributed by atoms with Crippen LogP contribution in [0.5, 0.6) is 0 Å². The average Bonchev–Trinajstić information content (AvgIpc) is 2.84. The summed E-state index contributed by atoms with van der Waals surface area (Å²) in [4.78, 5) is 15.6. The highest BCUT2D eigenvalue weighted by atomic mass is 35.5. The molecular weight excluding hydrogens is 427 g/mol. The number of anilines is 1. The van der Waals surface area contributed by atoms with Crippen LogP contribution in [-0.2, 0) is 4.74 Å². The molecule has 0 aliphatic carbocycles. The second-order valence-electron chi connectivity index (χ2n) is 7.85. The number of hydrogen-bond acceptors (Lipinski definition) is 5. The van der Waals surface area contributed by atoms with Gasteiger partial charge in [-0.1, -0.05) is 24.6 Å². The van der Waals surface area contributed by atoms with Crippen molar-refractivity contribution < 1.29 is 9.13 Å². The van der Waals surface area contributed by atoms with Crippen LogP contribution in [0.15, 0.2) is 61.1 Å². The SMILES string of the molecule is CC(c1ccc(F)c(-c2ncnc3cc(N4CCOCC4)ccc23)c1)c1ncccc1Cl. The third-order valence-corrected chi connectivity index (χ3v) is 6.26. The zero-order valence-corrected chi connectivity index (χ0v) is 18.4. The lowest BCUT2D eigenvalue weighted by molar-refractivity contribution is 0.122. The van der Waals surface area contributed by atoms with Crippen molar-refractivity contribution in [2.45, 2.75) is 12.8 Å². The molecule has 3 heterocycles. The fraction of sp³-hybridized carbons (Fsp3) is 0.240. The zero-order chi connectivity index (χ0) is 22.1. The molecule has 1 fully saturated rings. The Labute approximate surface area is 190 Å². The summed E-state index contributed by atoms with van der Waals surface area (Å²) < 4.78 is 20.4. The molecule has 5 nitrogen and oxygen atoms in total. The summed E-state index contributed by atoms with van der Waals surface area (Å²) in [6.07, 6.45) is 3.21. The smallest absolute Gasteiger partial charge is 0.132 e. The largest absolute Gasteiger partial charge is 0.378 e. The molecule has 7 heteroatoms. The van der Waals surface area contributed by atoms with Crippen LogP contribution in [0, 0.1) is 5.82 Å². The number of benzene rings is 2. The number of nitrogens with zero attached hydrogens (tertiary/aromatic N) is 4. The number of pyridine rings is 1. The Bertz CT molecular complexity index is 1280. The van der Waals surface area contributed by atoms with Gasteiger partial charge in [-0.25, -0.2) is 14.4 Å². The van der Waals surface area contributed by atoms with Gasteiger partial charge in [0.25, 0.3) is 0 Å². The van der Waals surface area contributed by atoms with E-state index in [0.717, 1.165) is 40.9 Å². The predicted molar refractivity (Wildman–Crippen MR) is 125 cm³/mol. The molecule has 2 aromatic heterocycles. The van der Waals surface area contributed by atoms with Crippen molar-refractivity contribution in [3.63, 3.8) is 0 Å². The number of ether oxygens (including phenoxy) is 1. The maximum Gasteiger partial charge on any atom is 0.132 e. The lowest BCUT2D eigenvalue weighted by Gasteiger charge is -2.29. The number of morpholine rings is 1. The van der Waals surface area contributed by atoms with Gasteiger partial charge >= 0.3 is 0 Å². The summed E-state index contributed by atoms with van der Waals surface area (Å²) in [7, 11) is 0. The molecule has 32 heavy (non-hydrogen) atoms. The summed E-state index contributed by atoms with van der Waals surface area (Å²) in [5, 5.41) is 1.40. The summed E-state index contributed by atoms with van der Waals surface area (Å²) in [6, 6.07) is 14.7. The van der Waals surface area contributed by atoms with Crippen molar-refractivity contribution in [2.24, 2.45) is 0 Å². The van der Waals surface area contributed by atoms with E-state index >= 15 is 0 Å². The van der Waals surface area contributed by atoms with Gasteiger partial charge in [0, 0.05) is 41.8 Å². The van der Waals surface area contributed by atoms with Gasteiger partial charge in [-0.2, -0.15) is 0 Å². The van der Waals surface area contributed by atoms with Crippen LogP contribution < -0.4 is 4.90 Å². The van der Waals surface area contributed by atoms with Crippen molar-refractivity contribution in [1.82, 2.24) is 15.0 Å². The normalized spacial score (nSPS) is 15.2. The zero-order valence-electron chi connectivity index (χ0n) is 17.6. The quantitative estimate of drug-likeness (QED) is 0.414. The Morgan fingerprint density at radius 2 is 1.88 bits per heavy atom. The van der Waals surface area contributed by atoms with E-state index in [4.69, 9.17) is 16.3 Å². The molecule has 5 rings (SSSR count). The Kier molecular flexibility index (Phi) is 5.72. The highest BCUT2D eigenvalue weighted by Gasteiger charge is 2.19. The topological polar surface area (TPSA) is 51.1 Å². The third-order valence-electron chi connectivity index (χ3n) is 5.94. The third kappa shape index (κ3) is 3.92. The number of fused-ring (bicyclic) bond motifs is 1. The summed E-state index contributed by atoms with van der Waals surface area (Å²) >= 11 is 6.35. The lowest BCUT2D eigenvalue weighted by Crippen LogP contribution is -2.36. The predicted octanol–water partition coefficient (Wildman–Crippen LogP) is 5.47. The van der Waals surface area contributed by atoms with Gasteiger partial charge in [0.05, 0.1) is 35.1 Å². The van der Waals surface area contributed by atoms with E-state index in [2.05, 4.69) is 19.9 Å². The molecule has 1 aliphatic rings. The molecule has 1 atom stereocenters. The van der Waals surface area contributed by atoms with Gasteiger partial charge in [-0.05, 0) is 48.0 Å². The maximum absolute atomic E-state index is 15.0. The molecular formula is C25H22ClFN4O. The minimum absolute atomic E-state index is 0.0934. The Hall–Kier alpha value is -3.09. The van der Waals surface area contributed by atoms with Crippen LogP contribution in [0.1, 0.15) is 24.1 Å². The first kappa shape index (κ1) is 20.8. The van der Waals surface area contributed by atoms with Crippen molar-refractivity contribution in [3.05, 3.63) is 83.2 Å². The van der Waals surface area contributed by atoms with E-state index < -0.39 is 0 Å². The molecule has 0 amide bonds. The number of halogens is 2. The first-order chi connectivity index (χ1) is 15.6. The molecule has 0 radical (unpaired) electrons. The van der Waals surface area contributed by atoms with Crippen molar-refractivity contribution in [3.8, 4) is 11.3 Å². The summed E-state index contributed by atoms with van der Waals surface area (Å²) in [5.41, 5.74) is 4.55. The molecule has 0 spiro atoms. The van der Waals surface area contributed by atoms with Crippen LogP contribution in [0.2, 0.25) is 5.02 Å². The Morgan fingerprint density at radius 1 is 1.03 bits per heavy atom. The standard InChI is InChI=1S/C25H22ClFN4O/c1-16(24-21(26)3-2-8-28-24)17-4-7-22(27)20(13-17)25-19-6-5-18(14-23(19)29-15-30-25)31-9-11-32-12-10-31/h2-8,13-16H,9-12H2,1H3. The van der Waals surface area contributed by atoms with Crippen LogP contribution >= 0.6 is 11.6 Å². The fourth-order valence-electron chi connectivity index (χ4n) is 4.15. The van der Waals surface area contributed by atoms with E-state index in [9.17, 15) is 4.39 Å². The fourth-order valence-corrected chi connectivity index (χ4v) is 4.43. The molecule has 162 valence electrons. The van der Waals surface area contributed by atoms with Gasteiger partial charge in [0.1, 0.15) is 12.1 Å². The summed E-state index contributed by atoms with van der Waals surface area (Å²) in [5.74, 6) is -0.422. The second-order valence-corrected chi connectivity index (χ2v) is 8.26. The Balaban J connectivity index is 1.56. The number of hydrogen-bond donors (Lipinski definition) is 0. The molecule has 0 saturated carbocycles. The molecule has 2 aromatic carbocycles. The van der Waals surface area contributed by atoms with Crippen molar-refractivity contribution >= 4 is 28.2 Å². The minimum atomic E-state index is -0.328. The number of rotatable bonds is 4. The highest BCUT2D eigenvalue weighted by molar-refractivity contribution is 6.31. The molecule has 1 saturated heterocycles. The van der Waals surface area contributed by atoms with E-state index in [-0.39, 0.29) is 11.7 Å². The molecule has 1 unspecified atom stereocenters. The van der Waals surface area contributed by atoms with Crippen LogP contribution in [0.4, 0.5) is 10.1 Å². The van der Waals surface area contributed by atoms with Gasteiger partial charge in [0.15, 0.2) is 0 Å². The van der Waals surface area contributed by atoms with Crippen molar-refractivity contribution in [1.29, 1.82) is 0 Å².